The van der Waals surface area contributed by atoms with Crippen LogP contribution in [0.4, 0.5) is 0 Å². The van der Waals surface area contributed by atoms with E-state index in [2.05, 4.69) is 31.0 Å². The van der Waals surface area contributed by atoms with Crippen molar-refractivity contribution in [3.8, 4) is 0 Å². The van der Waals surface area contributed by atoms with Gasteiger partial charge in [-0.3, -0.25) is 0 Å². The van der Waals surface area contributed by atoms with E-state index in [0.29, 0.717) is 0 Å². The number of hydrogen-bond acceptors (Lipinski definition) is 2. The third-order valence-electron chi connectivity index (χ3n) is 4.27. The molecular weight excluding hydrogens is 232 g/mol. The Bertz CT molecular complexity index is 195. The normalized spacial score (nSPS) is 18.3. The Morgan fingerprint density at radius 1 is 1.05 bits per heavy atom. The lowest BCUT2D eigenvalue weighted by molar-refractivity contribution is 0.198. The lowest BCUT2D eigenvalue weighted by Crippen LogP contribution is -2.42. The van der Waals surface area contributed by atoms with Gasteiger partial charge < -0.3 is 10.2 Å². The van der Waals surface area contributed by atoms with E-state index in [9.17, 15) is 0 Å². The average molecular weight is 268 g/mol. The molecule has 1 heterocycles. The summed E-state index contributed by atoms with van der Waals surface area (Å²) in [6, 6.07) is 0.795. The summed E-state index contributed by atoms with van der Waals surface area (Å²) in [5.74, 6) is 0.881. The van der Waals surface area contributed by atoms with Crippen LogP contribution < -0.4 is 5.32 Å². The molecule has 19 heavy (non-hydrogen) atoms. The Morgan fingerprint density at radius 2 is 1.74 bits per heavy atom. The predicted molar refractivity (Wildman–Crippen MR) is 85.7 cm³/mol. The van der Waals surface area contributed by atoms with Crippen molar-refractivity contribution in [1.29, 1.82) is 0 Å². The third-order valence-corrected chi connectivity index (χ3v) is 4.27. The quantitative estimate of drug-likeness (QED) is 0.601. The highest BCUT2D eigenvalue weighted by Crippen LogP contribution is 2.12. The Morgan fingerprint density at radius 3 is 2.37 bits per heavy atom. The van der Waals surface area contributed by atoms with E-state index >= 15 is 0 Å². The van der Waals surface area contributed by atoms with Gasteiger partial charge in [0.05, 0.1) is 0 Å². The molecule has 0 atom stereocenters. The minimum absolute atomic E-state index is 0.795. The maximum absolute atomic E-state index is 3.76. The van der Waals surface area contributed by atoms with Gasteiger partial charge in [-0.2, -0.15) is 0 Å². The van der Waals surface area contributed by atoms with Crippen LogP contribution in [0.15, 0.2) is 0 Å². The number of nitrogens with zero attached hydrogens (tertiary/aromatic N) is 1. The predicted octanol–water partition coefficient (Wildman–Crippen LogP) is 4.06. The summed E-state index contributed by atoms with van der Waals surface area (Å²) in [6.45, 7) is 12.1. The number of hydrogen-bond donors (Lipinski definition) is 1. The second-order valence-electron chi connectivity index (χ2n) is 6.67. The van der Waals surface area contributed by atoms with Gasteiger partial charge >= 0.3 is 0 Å². The first-order chi connectivity index (χ1) is 9.22. The van der Waals surface area contributed by atoms with E-state index in [-0.39, 0.29) is 0 Å². The zero-order chi connectivity index (χ0) is 13.9. The van der Waals surface area contributed by atoms with Crippen molar-refractivity contribution >= 4 is 0 Å². The summed E-state index contributed by atoms with van der Waals surface area (Å²) in [6.07, 6.45) is 11.0. The SMILES string of the molecule is CCCN1CCC(NCCCCCCC(C)C)CC1. The van der Waals surface area contributed by atoms with E-state index in [4.69, 9.17) is 0 Å². The number of nitrogens with one attached hydrogen (secondary N) is 1. The maximum Gasteiger partial charge on any atom is 0.00914 e. The molecule has 0 spiro atoms. The molecule has 0 saturated carbocycles. The average Bonchev–Trinajstić information content (AvgIpc) is 2.39. The van der Waals surface area contributed by atoms with Crippen molar-refractivity contribution in [2.75, 3.05) is 26.2 Å². The molecule has 1 aliphatic heterocycles. The minimum atomic E-state index is 0.795. The first kappa shape index (κ1) is 17.0. The van der Waals surface area contributed by atoms with Gasteiger partial charge in [-0.1, -0.05) is 46.5 Å². The van der Waals surface area contributed by atoms with Crippen LogP contribution in [-0.2, 0) is 0 Å². The third kappa shape index (κ3) is 8.65. The summed E-state index contributed by atoms with van der Waals surface area (Å²) in [4.78, 5) is 2.62. The number of rotatable bonds is 10. The van der Waals surface area contributed by atoms with Crippen LogP contribution in [0, 0.1) is 5.92 Å². The van der Waals surface area contributed by atoms with Crippen LogP contribution in [0.1, 0.15) is 72.1 Å². The number of piperidine rings is 1. The zero-order valence-electron chi connectivity index (χ0n) is 13.6. The van der Waals surface area contributed by atoms with Gasteiger partial charge in [0.1, 0.15) is 0 Å². The van der Waals surface area contributed by atoms with Gasteiger partial charge in [-0.25, -0.2) is 0 Å². The van der Waals surface area contributed by atoms with Crippen molar-refractivity contribution in [3.05, 3.63) is 0 Å². The fourth-order valence-electron chi connectivity index (χ4n) is 3.01. The molecule has 0 aromatic heterocycles. The standard InChI is InChI=1S/C17H36N2/c1-4-13-19-14-10-17(11-15-19)18-12-8-6-5-7-9-16(2)3/h16-18H,4-15H2,1-3H3. The molecule has 0 aliphatic carbocycles. The molecule has 114 valence electrons. The van der Waals surface area contributed by atoms with Crippen molar-refractivity contribution < 1.29 is 0 Å². The molecule has 0 radical (unpaired) electrons. The Balaban J connectivity index is 1.88. The summed E-state index contributed by atoms with van der Waals surface area (Å²) in [5, 5.41) is 3.76. The monoisotopic (exact) mass is 268 g/mol. The van der Waals surface area contributed by atoms with Gasteiger partial charge in [-0.15, -0.1) is 0 Å². The fourth-order valence-corrected chi connectivity index (χ4v) is 3.01. The van der Waals surface area contributed by atoms with E-state index in [1.54, 1.807) is 0 Å². The highest BCUT2D eigenvalue weighted by molar-refractivity contribution is 4.76. The molecule has 0 unspecified atom stereocenters. The smallest absolute Gasteiger partial charge is 0.00914 e. The number of unbranched alkanes of at least 4 members (excludes halogenated alkanes) is 3. The molecule has 1 rings (SSSR count). The second kappa shape index (κ2) is 10.7. The van der Waals surface area contributed by atoms with Gasteiger partial charge in [0.2, 0.25) is 0 Å². The van der Waals surface area contributed by atoms with Gasteiger partial charge in [-0.05, 0) is 57.8 Å². The van der Waals surface area contributed by atoms with Crippen LogP contribution in [-0.4, -0.2) is 37.1 Å². The second-order valence-corrected chi connectivity index (χ2v) is 6.67. The van der Waals surface area contributed by atoms with Gasteiger partial charge in [0, 0.05) is 6.04 Å². The first-order valence-corrected chi connectivity index (χ1v) is 8.68. The molecule has 2 heteroatoms. The Hall–Kier alpha value is -0.0800. The lowest BCUT2D eigenvalue weighted by atomic mass is 10.0. The van der Waals surface area contributed by atoms with E-state index < -0.39 is 0 Å². The summed E-state index contributed by atoms with van der Waals surface area (Å²) in [5.41, 5.74) is 0. The first-order valence-electron chi connectivity index (χ1n) is 8.68. The minimum Gasteiger partial charge on any atom is -0.314 e. The molecule has 0 aromatic carbocycles. The molecule has 0 aromatic rings. The van der Waals surface area contributed by atoms with Gasteiger partial charge in [0.25, 0.3) is 0 Å². The topological polar surface area (TPSA) is 15.3 Å². The van der Waals surface area contributed by atoms with Crippen LogP contribution in [0.25, 0.3) is 0 Å². The Kier molecular flexibility index (Phi) is 9.54. The summed E-state index contributed by atoms with van der Waals surface area (Å²) in [7, 11) is 0. The number of likely N-dealkylation sites (tertiary alicyclic amines) is 1. The molecule has 1 saturated heterocycles. The van der Waals surface area contributed by atoms with Crippen molar-refractivity contribution in [2.45, 2.75) is 78.2 Å². The molecule has 0 bridgehead atoms. The summed E-state index contributed by atoms with van der Waals surface area (Å²) < 4.78 is 0. The van der Waals surface area contributed by atoms with Crippen LogP contribution in [0.3, 0.4) is 0 Å². The summed E-state index contributed by atoms with van der Waals surface area (Å²) >= 11 is 0. The largest absolute Gasteiger partial charge is 0.314 e. The van der Waals surface area contributed by atoms with Crippen molar-refractivity contribution in [1.82, 2.24) is 10.2 Å². The zero-order valence-corrected chi connectivity index (χ0v) is 13.6. The maximum atomic E-state index is 3.76. The van der Waals surface area contributed by atoms with Crippen molar-refractivity contribution in [2.24, 2.45) is 5.92 Å². The molecule has 1 aliphatic rings. The highest BCUT2D eigenvalue weighted by atomic mass is 15.1. The lowest BCUT2D eigenvalue weighted by Gasteiger charge is -2.32. The van der Waals surface area contributed by atoms with Crippen LogP contribution >= 0.6 is 0 Å². The molecule has 1 N–H and O–H groups in total. The van der Waals surface area contributed by atoms with E-state index in [0.717, 1.165) is 12.0 Å². The highest BCUT2D eigenvalue weighted by Gasteiger charge is 2.17. The van der Waals surface area contributed by atoms with Crippen LogP contribution in [0.2, 0.25) is 0 Å². The van der Waals surface area contributed by atoms with E-state index in [1.807, 2.05) is 0 Å². The van der Waals surface area contributed by atoms with Crippen LogP contribution in [0.5, 0.6) is 0 Å². The molecule has 2 nitrogen and oxygen atoms in total. The fraction of sp³-hybridized carbons (Fsp3) is 1.00. The van der Waals surface area contributed by atoms with Crippen molar-refractivity contribution in [3.63, 3.8) is 0 Å². The molecule has 0 amide bonds. The van der Waals surface area contributed by atoms with E-state index in [1.165, 1.54) is 77.5 Å². The van der Waals surface area contributed by atoms with Gasteiger partial charge in [0.15, 0.2) is 0 Å². The Labute approximate surface area is 121 Å². The molecule has 1 fully saturated rings. The molecular formula is C17H36N2.